The van der Waals surface area contributed by atoms with Crippen LogP contribution in [0.1, 0.15) is 11.6 Å². The lowest BCUT2D eigenvalue weighted by molar-refractivity contribution is -0.385. The van der Waals surface area contributed by atoms with Gasteiger partial charge in [0.05, 0.1) is 4.92 Å². The van der Waals surface area contributed by atoms with E-state index in [2.05, 4.69) is 0 Å². The summed E-state index contributed by atoms with van der Waals surface area (Å²) in [4.78, 5) is 10.1. The summed E-state index contributed by atoms with van der Waals surface area (Å²) in [6.07, 6.45) is 0. The van der Waals surface area contributed by atoms with Gasteiger partial charge in [-0.15, -0.1) is 0 Å². The molecule has 6 heteroatoms. The van der Waals surface area contributed by atoms with Crippen molar-refractivity contribution in [1.29, 1.82) is 0 Å². The third kappa shape index (κ3) is 2.20. The average molecular weight is 216 g/mol. The van der Waals surface area contributed by atoms with E-state index in [0.717, 1.165) is 0 Å². The Bertz CT molecular complexity index is 356. The van der Waals surface area contributed by atoms with Gasteiger partial charge in [-0.3, -0.25) is 10.1 Å². The van der Waals surface area contributed by atoms with Crippen molar-refractivity contribution >= 4 is 17.3 Å². The molecule has 0 aliphatic heterocycles. The second kappa shape index (κ2) is 4.36. The van der Waals surface area contributed by atoms with E-state index >= 15 is 0 Å². The minimum Gasteiger partial charge on any atom is -0.329 e. The van der Waals surface area contributed by atoms with Crippen LogP contribution in [0, 0.1) is 10.1 Å². The van der Waals surface area contributed by atoms with Crippen molar-refractivity contribution in [2.75, 3.05) is 6.54 Å². The number of halogens is 1. The maximum absolute atomic E-state index is 10.6. The number of nitrogens with two attached hydrogens (primary N) is 2. The van der Waals surface area contributed by atoms with E-state index in [1.807, 2.05) is 0 Å². The fraction of sp³-hybridized carbons (Fsp3) is 0.250. The summed E-state index contributed by atoms with van der Waals surface area (Å²) in [5.74, 6) is 0. The van der Waals surface area contributed by atoms with Crippen LogP contribution in [-0.4, -0.2) is 11.5 Å². The van der Waals surface area contributed by atoms with E-state index in [1.165, 1.54) is 12.1 Å². The number of rotatable bonds is 3. The molecule has 4 N–H and O–H groups in total. The lowest BCUT2D eigenvalue weighted by atomic mass is 10.1. The highest BCUT2D eigenvalue weighted by Gasteiger charge is 2.18. The Hall–Kier alpha value is -1.17. The highest BCUT2D eigenvalue weighted by molar-refractivity contribution is 6.30. The molecule has 1 aromatic rings. The second-order valence-corrected chi connectivity index (χ2v) is 3.24. The summed E-state index contributed by atoms with van der Waals surface area (Å²) in [5.41, 5.74) is 11.3. The first-order chi connectivity index (χ1) is 6.56. The van der Waals surface area contributed by atoms with E-state index in [0.29, 0.717) is 10.6 Å². The molecule has 0 aromatic heterocycles. The predicted molar refractivity (Wildman–Crippen MR) is 54.1 cm³/mol. The van der Waals surface area contributed by atoms with E-state index in [4.69, 9.17) is 23.1 Å². The van der Waals surface area contributed by atoms with Crippen LogP contribution in [0.25, 0.3) is 0 Å². The summed E-state index contributed by atoms with van der Waals surface area (Å²) in [5, 5.41) is 11.0. The number of nitro benzene ring substituents is 1. The van der Waals surface area contributed by atoms with Crippen LogP contribution >= 0.6 is 11.6 Å². The zero-order chi connectivity index (χ0) is 10.7. The van der Waals surface area contributed by atoms with Gasteiger partial charge in [-0.05, 0) is 12.1 Å². The first kappa shape index (κ1) is 10.9. The highest BCUT2D eigenvalue weighted by Crippen LogP contribution is 2.26. The van der Waals surface area contributed by atoms with Gasteiger partial charge in [-0.25, -0.2) is 0 Å². The van der Waals surface area contributed by atoms with Crippen molar-refractivity contribution < 1.29 is 4.92 Å². The molecule has 0 fully saturated rings. The molecular formula is C8H10ClN3O2. The second-order valence-electron chi connectivity index (χ2n) is 2.80. The van der Waals surface area contributed by atoms with Gasteiger partial charge in [-0.1, -0.05) is 11.6 Å². The van der Waals surface area contributed by atoms with Gasteiger partial charge in [-0.2, -0.15) is 0 Å². The van der Waals surface area contributed by atoms with Gasteiger partial charge in [0.1, 0.15) is 0 Å². The monoisotopic (exact) mass is 215 g/mol. The molecule has 1 atom stereocenters. The molecule has 0 saturated heterocycles. The molecule has 1 unspecified atom stereocenters. The molecule has 0 radical (unpaired) electrons. The van der Waals surface area contributed by atoms with Gasteiger partial charge >= 0.3 is 0 Å². The summed E-state index contributed by atoms with van der Waals surface area (Å²) in [6, 6.07) is 3.82. The van der Waals surface area contributed by atoms with Crippen LogP contribution in [0.5, 0.6) is 0 Å². The minimum absolute atomic E-state index is 0.0875. The van der Waals surface area contributed by atoms with E-state index in [9.17, 15) is 10.1 Å². The van der Waals surface area contributed by atoms with Gasteiger partial charge in [0, 0.05) is 29.2 Å². The van der Waals surface area contributed by atoms with E-state index < -0.39 is 11.0 Å². The third-order valence-corrected chi connectivity index (χ3v) is 2.08. The molecule has 0 amide bonds. The molecule has 0 saturated carbocycles. The summed E-state index contributed by atoms with van der Waals surface area (Å²) >= 11 is 5.63. The largest absolute Gasteiger partial charge is 0.329 e. The molecule has 0 aliphatic rings. The van der Waals surface area contributed by atoms with Gasteiger partial charge in [0.15, 0.2) is 0 Å². The number of nitrogens with zero attached hydrogens (tertiary/aromatic N) is 1. The van der Waals surface area contributed by atoms with Gasteiger partial charge in [0.2, 0.25) is 0 Å². The van der Waals surface area contributed by atoms with Crippen LogP contribution in [0.15, 0.2) is 18.2 Å². The smallest absolute Gasteiger partial charge is 0.275 e. The SMILES string of the molecule is NCC(N)c1ccc(Cl)cc1[N+](=O)[O-]. The maximum atomic E-state index is 10.6. The Morgan fingerprint density at radius 1 is 1.57 bits per heavy atom. The highest BCUT2D eigenvalue weighted by atomic mass is 35.5. The Kier molecular flexibility index (Phi) is 3.40. The Labute approximate surface area is 85.8 Å². The lowest BCUT2D eigenvalue weighted by Gasteiger charge is -2.09. The van der Waals surface area contributed by atoms with Crippen molar-refractivity contribution in [2.45, 2.75) is 6.04 Å². The van der Waals surface area contributed by atoms with Crippen molar-refractivity contribution in [1.82, 2.24) is 0 Å². The first-order valence-corrected chi connectivity index (χ1v) is 4.33. The molecule has 0 heterocycles. The van der Waals surface area contributed by atoms with Crippen LogP contribution in [0.2, 0.25) is 5.02 Å². The number of benzene rings is 1. The third-order valence-electron chi connectivity index (χ3n) is 1.84. The van der Waals surface area contributed by atoms with Crippen molar-refractivity contribution in [3.63, 3.8) is 0 Å². The van der Waals surface area contributed by atoms with Crippen LogP contribution in [0.4, 0.5) is 5.69 Å². The first-order valence-electron chi connectivity index (χ1n) is 3.95. The van der Waals surface area contributed by atoms with Crippen molar-refractivity contribution in [3.8, 4) is 0 Å². The maximum Gasteiger partial charge on any atom is 0.275 e. The van der Waals surface area contributed by atoms with Crippen LogP contribution in [0.3, 0.4) is 0 Å². The molecule has 76 valence electrons. The Morgan fingerprint density at radius 3 is 2.71 bits per heavy atom. The molecule has 0 aliphatic carbocycles. The topological polar surface area (TPSA) is 95.2 Å². The average Bonchev–Trinajstić information content (AvgIpc) is 2.16. The molecule has 0 spiro atoms. The quantitative estimate of drug-likeness (QED) is 0.585. The molecule has 14 heavy (non-hydrogen) atoms. The molecule has 1 aromatic carbocycles. The summed E-state index contributed by atoms with van der Waals surface area (Å²) < 4.78 is 0. The number of hydrogen-bond donors (Lipinski definition) is 2. The van der Waals surface area contributed by atoms with Crippen molar-refractivity contribution in [2.24, 2.45) is 11.5 Å². The van der Waals surface area contributed by atoms with Gasteiger partial charge in [0.25, 0.3) is 5.69 Å². The zero-order valence-electron chi connectivity index (χ0n) is 7.31. The van der Waals surface area contributed by atoms with E-state index in [-0.39, 0.29) is 12.2 Å². The zero-order valence-corrected chi connectivity index (χ0v) is 8.07. The van der Waals surface area contributed by atoms with Crippen molar-refractivity contribution in [3.05, 3.63) is 38.9 Å². The van der Waals surface area contributed by atoms with Gasteiger partial charge < -0.3 is 11.5 Å². The predicted octanol–water partition coefficient (Wildman–Crippen LogP) is 1.21. The summed E-state index contributed by atoms with van der Waals surface area (Å²) in [7, 11) is 0. The van der Waals surface area contributed by atoms with E-state index in [1.54, 1.807) is 6.07 Å². The van der Waals surface area contributed by atoms with Crippen LogP contribution < -0.4 is 11.5 Å². The fourth-order valence-electron chi connectivity index (χ4n) is 1.12. The molecule has 5 nitrogen and oxygen atoms in total. The lowest BCUT2D eigenvalue weighted by Crippen LogP contribution is -2.21. The molecular weight excluding hydrogens is 206 g/mol. The number of hydrogen-bond acceptors (Lipinski definition) is 4. The minimum atomic E-state index is -0.535. The normalized spacial score (nSPS) is 12.5. The molecule has 0 bridgehead atoms. The Morgan fingerprint density at radius 2 is 2.21 bits per heavy atom. The fourth-order valence-corrected chi connectivity index (χ4v) is 1.28. The summed E-state index contributed by atoms with van der Waals surface area (Å²) in [6.45, 7) is 0.155. The standard InChI is InChI=1S/C8H10ClN3O2/c9-5-1-2-6(7(11)4-10)8(3-5)12(13)14/h1-3,7H,4,10-11H2. The van der Waals surface area contributed by atoms with Crippen LogP contribution in [-0.2, 0) is 0 Å². The number of nitro groups is 1. The molecule has 1 rings (SSSR count). The Balaban J connectivity index is 3.21.